The van der Waals surface area contributed by atoms with Crippen LogP contribution in [0.15, 0.2) is 15.2 Å². The van der Waals surface area contributed by atoms with Crippen LogP contribution in [0.4, 0.5) is 0 Å². The van der Waals surface area contributed by atoms with E-state index in [4.69, 9.17) is 14.0 Å². The number of hydrogen-bond acceptors (Lipinski definition) is 6. The molecule has 1 aliphatic heterocycles. The van der Waals surface area contributed by atoms with Crippen molar-refractivity contribution >= 4 is 5.91 Å². The molecule has 0 aromatic carbocycles. The van der Waals surface area contributed by atoms with Crippen LogP contribution in [0.25, 0.3) is 0 Å². The van der Waals surface area contributed by atoms with Crippen LogP contribution in [0.1, 0.15) is 88.0 Å². The minimum Gasteiger partial charge on any atom is -0.361 e. The summed E-state index contributed by atoms with van der Waals surface area (Å²) in [7, 11) is 0. The molecule has 1 aliphatic carbocycles. The van der Waals surface area contributed by atoms with Crippen molar-refractivity contribution in [2.45, 2.75) is 71.8 Å². The van der Waals surface area contributed by atoms with Crippen molar-refractivity contribution in [2.75, 3.05) is 13.1 Å². The van der Waals surface area contributed by atoms with E-state index in [1.807, 2.05) is 31.9 Å². The van der Waals surface area contributed by atoms with Crippen molar-refractivity contribution in [3.63, 3.8) is 0 Å². The molecule has 0 N–H and O–H groups in total. The van der Waals surface area contributed by atoms with Gasteiger partial charge < -0.3 is 18.5 Å². The first-order valence-electron chi connectivity index (χ1n) is 11.1. The predicted molar refractivity (Wildman–Crippen MR) is 113 cm³/mol. The zero-order valence-corrected chi connectivity index (χ0v) is 18.6. The quantitative estimate of drug-likeness (QED) is 0.615. The van der Waals surface area contributed by atoms with Gasteiger partial charge in [0.05, 0.1) is 11.7 Å². The largest absolute Gasteiger partial charge is 0.361 e. The van der Waals surface area contributed by atoms with Gasteiger partial charge in [0.1, 0.15) is 17.3 Å². The lowest BCUT2D eigenvalue weighted by Crippen LogP contribution is -2.31. The highest BCUT2D eigenvalue weighted by Gasteiger charge is 2.35. The molecule has 31 heavy (non-hydrogen) atoms. The van der Waals surface area contributed by atoms with E-state index in [0.717, 1.165) is 29.0 Å². The molecule has 0 bridgehead atoms. The third-order valence-corrected chi connectivity index (χ3v) is 7.02. The Morgan fingerprint density at radius 2 is 1.81 bits per heavy atom. The lowest BCUT2D eigenvalue weighted by molar-refractivity contribution is 0.0776. The van der Waals surface area contributed by atoms with Crippen molar-refractivity contribution in [1.82, 2.24) is 24.8 Å². The molecule has 1 unspecified atom stereocenters. The number of rotatable bonds is 5. The monoisotopic (exact) mass is 423 g/mol. The second-order valence-corrected chi connectivity index (χ2v) is 8.99. The Balaban J connectivity index is 1.36. The summed E-state index contributed by atoms with van der Waals surface area (Å²) < 4.78 is 13.1. The van der Waals surface area contributed by atoms with Crippen molar-refractivity contribution in [3.05, 3.63) is 51.8 Å². The van der Waals surface area contributed by atoms with E-state index in [2.05, 4.69) is 21.8 Å². The molecule has 1 atom stereocenters. The first kappa shape index (κ1) is 20.0. The predicted octanol–water partition coefficient (Wildman–Crippen LogP) is 4.04. The standard InChI is InChI=1S/C23H29N5O3/c1-13-11-24-22(17-6-5-7-17)28(13)18-8-9-27(12-18)23(29)21-20(16(4)31-26-21)10-19-14(2)25-30-15(19)3/h11,17-18H,5-10,12H2,1-4H3. The lowest BCUT2D eigenvalue weighted by atomic mass is 9.84. The molecule has 4 heterocycles. The molecule has 164 valence electrons. The maximum absolute atomic E-state index is 13.4. The number of amides is 1. The summed E-state index contributed by atoms with van der Waals surface area (Å²) >= 11 is 0. The second-order valence-electron chi connectivity index (χ2n) is 8.99. The Morgan fingerprint density at radius 1 is 1.06 bits per heavy atom. The van der Waals surface area contributed by atoms with Crippen molar-refractivity contribution in [3.8, 4) is 0 Å². The molecule has 1 amide bonds. The van der Waals surface area contributed by atoms with Gasteiger partial charge in [-0.3, -0.25) is 4.79 Å². The number of carbonyl (C=O) groups excluding carboxylic acids is 1. The van der Waals surface area contributed by atoms with Gasteiger partial charge in [-0.05, 0) is 47.0 Å². The summed E-state index contributed by atoms with van der Waals surface area (Å²) in [6.45, 7) is 9.15. The molecule has 8 heteroatoms. The second kappa shape index (κ2) is 7.66. The fraction of sp³-hybridized carbons (Fsp3) is 0.565. The average molecular weight is 424 g/mol. The summed E-state index contributed by atoms with van der Waals surface area (Å²) in [5.74, 6) is 3.12. The minimum atomic E-state index is -0.0657. The van der Waals surface area contributed by atoms with Crippen LogP contribution in [0.2, 0.25) is 0 Å². The molecule has 3 aromatic heterocycles. The van der Waals surface area contributed by atoms with Gasteiger partial charge in [0.2, 0.25) is 0 Å². The Morgan fingerprint density at radius 3 is 2.48 bits per heavy atom. The van der Waals surface area contributed by atoms with Gasteiger partial charge in [0, 0.05) is 48.4 Å². The Bertz CT molecular complexity index is 1100. The SMILES string of the molecule is Cc1noc(C)c1Cc1c(C(=O)N2CCC(n3c(C)cnc3C3CCC3)C2)noc1C. The lowest BCUT2D eigenvalue weighted by Gasteiger charge is -2.28. The van der Waals surface area contributed by atoms with Crippen LogP contribution in [0.3, 0.4) is 0 Å². The molecule has 1 saturated carbocycles. The first-order chi connectivity index (χ1) is 14.9. The van der Waals surface area contributed by atoms with Gasteiger partial charge in [-0.1, -0.05) is 16.7 Å². The van der Waals surface area contributed by atoms with Crippen LogP contribution in [-0.4, -0.2) is 43.8 Å². The molecular weight excluding hydrogens is 394 g/mol. The Labute approximate surface area is 181 Å². The molecule has 0 radical (unpaired) electrons. The van der Waals surface area contributed by atoms with E-state index < -0.39 is 0 Å². The Kier molecular flexibility index (Phi) is 4.95. The number of carbonyl (C=O) groups is 1. The number of aromatic nitrogens is 4. The fourth-order valence-corrected chi connectivity index (χ4v) is 4.89. The molecular formula is C23H29N5O3. The minimum absolute atomic E-state index is 0.0657. The van der Waals surface area contributed by atoms with E-state index in [9.17, 15) is 4.79 Å². The summed E-state index contributed by atoms with van der Waals surface area (Å²) in [4.78, 5) is 20.0. The smallest absolute Gasteiger partial charge is 0.276 e. The van der Waals surface area contributed by atoms with Crippen LogP contribution >= 0.6 is 0 Å². The van der Waals surface area contributed by atoms with Crippen LogP contribution < -0.4 is 0 Å². The van der Waals surface area contributed by atoms with E-state index in [0.29, 0.717) is 36.9 Å². The van der Waals surface area contributed by atoms with E-state index in [1.54, 1.807) is 0 Å². The molecule has 0 spiro atoms. The number of imidazole rings is 1. The third-order valence-electron chi connectivity index (χ3n) is 7.02. The number of aryl methyl sites for hydroxylation is 4. The summed E-state index contributed by atoms with van der Waals surface area (Å²) in [5.41, 5.74) is 4.21. The summed E-state index contributed by atoms with van der Waals surface area (Å²) in [5, 5.41) is 8.17. The van der Waals surface area contributed by atoms with Gasteiger partial charge in [0.15, 0.2) is 5.69 Å². The van der Waals surface area contributed by atoms with Gasteiger partial charge in [-0.15, -0.1) is 0 Å². The number of likely N-dealkylation sites (tertiary alicyclic amines) is 1. The summed E-state index contributed by atoms with van der Waals surface area (Å²) in [6, 6.07) is 0.265. The highest BCUT2D eigenvalue weighted by Crippen LogP contribution is 2.38. The van der Waals surface area contributed by atoms with Crippen LogP contribution in [0.5, 0.6) is 0 Å². The normalized spacial score (nSPS) is 19.2. The number of nitrogens with zero attached hydrogens (tertiary/aromatic N) is 5. The highest BCUT2D eigenvalue weighted by atomic mass is 16.5. The molecule has 5 rings (SSSR count). The summed E-state index contributed by atoms with van der Waals surface area (Å²) in [6.07, 6.45) is 7.15. The Hall–Kier alpha value is -2.90. The molecule has 8 nitrogen and oxygen atoms in total. The van der Waals surface area contributed by atoms with Crippen molar-refractivity contribution < 1.29 is 13.8 Å². The maximum atomic E-state index is 13.4. The fourth-order valence-electron chi connectivity index (χ4n) is 4.89. The van der Waals surface area contributed by atoms with Gasteiger partial charge in [-0.2, -0.15) is 0 Å². The number of hydrogen-bond donors (Lipinski definition) is 0. The zero-order chi connectivity index (χ0) is 21.7. The maximum Gasteiger partial charge on any atom is 0.276 e. The molecule has 1 saturated heterocycles. The molecule has 3 aromatic rings. The molecule has 2 fully saturated rings. The van der Waals surface area contributed by atoms with Crippen LogP contribution in [0, 0.1) is 27.7 Å². The van der Waals surface area contributed by atoms with E-state index in [1.165, 1.54) is 30.8 Å². The molecule has 2 aliphatic rings. The highest BCUT2D eigenvalue weighted by molar-refractivity contribution is 5.94. The van der Waals surface area contributed by atoms with Gasteiger partial charge >= 0.3 is 0 Å². The van der Waals surface area contributed by atoms with Crippen molar-refractivity contribution in [1.29, 1.82) is 0 Å². The zero-order valence-electron chi connectivity index (χ0n) is 18.6. The first-order valence-corrected chi connectivity index (χ1v) is 11.1. The third kappa shape index (κ3) is 3.38. The van der Waals surface area contributed by atoms with Gasteiger partial charge in [-0.25, -0.2) is 4.98 Å². The van der Waals surface area contributed by atoms with Crippen molar-refractivity contribution in [2.24, 2.45) is 0 Å². The van der Waals surface area contributed by atoms with E-state index in [-0.39, 0.29) is 11.9 Å². The topological polar surface area (TPSA) is 90.2 Å². The van der Waals surface area contributed by atoms with E-state index >= 15 is 0 Å². The van der Waals surface area contributed by atoms with Crippen LogP contribution in [-0.2, 0) is 6.42 Å². The van der Waals surface area contributed by atoms with Gasteiger partial charge in [0.25, 0.3) is 5.91 Å². The average Bonchev–Trinajstić information content (AvgIpc) is 3.46.